The van der Waals surface area contributed by atoms with E-state index in [-0.39, 0.29) is 5.54 Å². The summed E-state index contributed by atoms with van der Waals surface area (Å²) in [6.07, 6.45) is 3.84. The lowest BCUT2D eigenvalue weighted by Crippen LogP contribution is -2.46. The Morgan fingerprint density at radius 1 is 1.43 bits per heavy atom. The lowest BCUT2D eigenvalue weighted by Gasteiger charge is -2.25. The van der Waals surface area contributed by atoms with Crippen molar-refractivity contribution < 1.29 is 8.42 Å². The van der Waals surface area contributed by atoms with Crippen LogP contribution in [-0.2, 0) is 10.0 Å². The molecule has 1 unspecified atom stereocenters. The number of hydrogen-bond donors (Lipinski definition) is 1. The van der Waals surface area contributed by atoms with Crippen LogP contribution < -0.4 is 4.72 Å². The van der Waals surface area contributed by atoms with Crippen molar-refractivity contribution in [3.8, 4) is 6.07 Å². The summed E-state index contributed by atoms with van der Waals surface area (Å²) >= 11 is 0. The highest BCUT2D eigenvalue weighted by molar-refractivity contribution is 7.90. The summed E-state index contributed by atoms with van der Waals surface area (Å²) in [5.74, 6) is 0. The molecule has 4 nitrogen and oxygen atoms in total. The van der Waals surface area contributed by atoms with E-state index in [9.17, 15) is 8.42 Å². The van der Waals surface area contributed by atoms with Crippen molar-refractivity contribution in [2.24, 2.45) is 0 Å². The van der Waals surface area contributed by atoms with Gasteiger partial charge in [0.1, 0.15) is 0 Å². The molecule has 1 aliphatic rings. The van der Waals surface area contributed by atoms with Gasteiger partial charge in [0.25, 0.3) is 0 Å². The second-order valence-corrected chi connectivity index (χ2v) is 6.19. The highest BCUT2D eigenvalue weighted by atomic mass is 32.2. The monoisotopic (exact) mass is 216 g/mol. The molecule has 0 radical (unpaired) electrons. The maximum Gasteiger partial charge on any atom is 0.228 e. The van der Waals surface area contributed by atoms with Crippen molar-refractivity contribution in [3.63, 3.8) is 0 Å². The third kappa shape index (κ3) is 2.46. The minimum absolute atomic E-state index is 0.329. The van der Waals surface area contributed by atoms with Gasteiger partial charge < -0.3 is 0 Å². The second kappa shape index (κ2) is 3.87. The molecule has 0 aliphatic heterocycles. The molecule has 1 fully saturated rings. The third-order valence-electron chi connectivity index (χ3n) is 2.74. The predicted octanol–water partition coefficient (Wildman–Crippen LogP) is 1.15. The van der Waals surface area contributed by atoms with E-state index < -0.39 is 15.3 Å². The molecule has 0 aromatic carbocycles. The van der Waals surface area contributed by atoms with Gasteiger partial charge in [0.05, 0.1) is 6.07 Å². The first-order chi connectivity index (χ1) is 6.40. The fraction of sp³-hybridized carbons (Fsp3) is 0.889. The van der Waals surface area contributed by atoms with Gasteiger partial charge in [0, 0.05) is 5.54 Å². The summed E-state index contributed by atoms with van der Waals surface area (Å²) in [6.45, 7) is 3.31. The molecule has 1 saturated carbocycles. The van der Waals surface area contributed by atoms with E-state index >= 15 is 0 Å². The molecular formula is C9H16N2O2S. The van der Waals surface area contributed by atoms with Crippen LogP contribution in [-0.4, -0.2) is 19.2 Å². The quantitative estimate of drug-likeness (QED) is 0.769. The summed E-state index contributed by atoms with van der Waals surface area (Å²) in [4.78, 5) is 0. The minimum atomic E-state index is -3.46. The molecular weight excluding hydrogens is 200 g/mol. The molecule has 0 bridgehead atoms. The van der Waals surface area contributed by atoms with Gasteiger partial charge in [-0.05, 0) is 26.7 Å². The summed E-state index contributed by atoms with van der Waals surface area (Å²) < 4.78 is 25.8. The van der Waals surface area contributed by atoms with Crippen LogP contribution in [0.4, 0.5) is 0 Å². The van der Waals surface area contributed by atoms with Crippen molar-refractivity contribution >= 4 is 10.0 Å². The Bertz CT molecular complexity index is 336. The van der Waals surface area contributed by atoms with Crippen LogP contribution in [0, 0.1) is 11.3 Å². The Labute approximate surface area is 85.4 Å². The zero-order valence-corrected chi connectivity index (χ0v) is 9.39. The first-order valence-electron chi connectivity index (χ1n) is 4.82. The summed E-state index contributed by atoms with van der Waals surface area (Å²) in [5.41, 5.74) is -0.329. The zero-order chi connectivity index (χ0) is 10.8. The zero-order valence-electron chi connectivity index (χ0n) is 8.58. The molecule has 0 aromatic heterocycles. The average molecular weight is 216 g/mol. The van der Waals surface area contributed by atoms with Crippen LogP contribution in [0.1, 0.15) is 39.5 Å². The highest BCUT2D eigenvalue weighted by Gasteiger charge is 2.34. The molecule has 1 N–H and O–H groups in total. The Balaban J connectivity index is 2.73. The molecule has 80 valence electrons. The summed E-state index contributed by atoms with van der Waals surface area (Å²) in [7, 11) is -3.46. The lowest BCUT2D eigenvalue weighted by molar-refractivity contribution is 0.426. The number of nitrogens with zero attached hydrogens (tertiary/aromatic N) is 1. The van der Waals surface area contributed by atoms with Crippen molar-refractivity contribution in [1.82, 2.24) is 4.72 Å². The van der Waals surface area contributed by atoms with E-state index in [1.54, 1.807) is 6.07 Å². The molecule has 0 amide bonds. The number of nitriles is 1. The molecule has 1 atom stereocenters. The lowest BCUT2D eigenvalue weighted by atomic mass is 10.0. The van der Waals surface area contributed by atoms with E-state index in [1.807, 2.05) is 6.92 Å². The van der Waals surface area contributed by atoms with Gasteiger partial charge in [0.2, 0.25) is 10.0 Å². The normalized spacial score (nSPS) is 22.9. The van der Waals surface area contributed by atoms with E-state index in [0.717, 1.165) is 25.7 Å². The Kier molecular flexibility index (Phi) is 3.17. The Hall–Kier alpha value is -0.600. The molecule has 5 heteroatoms. The second-order valence-electron chi connectivity index (χ2n) is 4.19. The predicted molar refractivity (Wildman–Crippen MR) is 54.0 cm³/mol. The summed E-state index contributed by atoms with van der Waals surface area (Å²) in [5, 5.41) is 7.59. The molecule has 1 rings (SSSR count). The SMILES string of the molecule is CC(C#N)S(=O)(=O)NC1(C)CCCC1. The van der Waals surface area contributed by atoms with Crippen LogP contribution in [0.15, 0.2) is 0 Å². The van der Waals surface area contributed by atoms with Crippen molar-refractivity contribution in [2.45, 2.75) is 50.3 Å². The van der Waals surface area contributed by atoms with Crippen LogP contribution in [0.25, 0.3) is 0 Å². The highest BCUT2D eigenvalue weighted by Crippen LogP contribution is 2.29. The van der Waals surface area contributed by atoms with Crippen LogP contribution in [0.2, 0.25) is 0 Å². The molecule has 0 saturated heterocycles. The van der Waals surface area contributed by atoms with Crippen LogP contribution in [0.5, 0.6) is 0 Å². The van der Waals surface area contributed by atoms with Crippen molar-refractivity contribution in [1.29, 1.82) is 5.26 Å². The molecule has 14 heavy (non-hydrogen) atoms. The smallest absolute Gasteiger partial charge is 0.211 e. The average Bonchev–Trinajstić information content (AvgIpc) is 2.49. The van der Waals surface area contributed by atoms with Crippen LogP contribution >= 0.6 is 0 Å². The van der Waals surface area contributed by atoms with Gasteiger partial charge in [-0.3, -0.25) is 0 Å². The van der Waals surface area contributed by atoms with Gasteiger partial charge in [0.15, 0.2) is 5.25 Å². The fourth-order valence-corrected chi connectivity index (χ4v) is 2.97. The minimum Gasteiger partial charge on any atom is -0.211 e. The van der Waals surface area contributed by atoms with E-state index in [2.05, 4.69) is 4.72 Å². The summed E-state index contributed by atoms with van der Waals surface area (Å²) in [6, 6.07) is 1.75. The van der Waals surface area contributed by atoms with Gasteiger partial charge >= 0.3 is 0 Å². The first kappa shape index (κ1) is 11.5. The molecule has 0 aromatic rings. The van der Waals surface area contributed by atoms with Crippen LogP contribution in [0.3, 0.4) is 0 Å². The molecule has 0 heterocycles. The van der Waals surface area contributed by atoms with E-state index in [0.29, 0.717) is 0 Å². The third-order valence-corrected chi connectivity index (χ3v) is 4.56. The maximum absolute atomic E-state index is 11.6. The number of nitrogens with one attached hydrogen (secondary N) is 1. The van der Waals surface area contributed by atoms with Crippen molar-refractivity contribution in [2.75, 3.05) is 0 Å². The van der Waals surface area contributed by atoms with Gasteiger partial charge in [-0.25, -0.2) is 13.1 Å². The fourth-order valence-electron chi connectivity index (χ4n) is 1.76. The first-order valence-corrected chi connectivity index (χ1v) is 6.37. The number of sulfonamides is 1. The Morgan fingerprint density at radius 3 is 2.36 bits per heavy atom. The van der Waals surface area contributed by atoms with E-state index in [1.165, 1.54) is 6.92 Å². The standard InChI is InChI=1S/C9H16N2O2S/c1-8(7-10)14(12,13)11-9(2)5-3-4-6-9/h8,11H,3-6H2,1-2H3. The van der Waals surface area contributed by atoms with E-state index in [4.69, 9.17) is 5.26 Å². The van der Waals surface area contributed by atoms with Gasteiger partial charge in [-0.15, -0.1) is 0 Å². The van der Waals surface area contributed by atoms with Gasteiger partial charge in [-0.2, -0.15) is 5.26 Å². The van der Waals surface area contributed by atoms with Crippen molar-refractivity contribution in [3.05, 3.63) is 0 Å². The topological polar surface area (TPSA) is 70.0 Å². The molecule has 1 aliphatic carbocycles. The van der Waals surface area contributed by atoms with Gasteiger partial charge in [-0.1, -0.05) is 12.8 Å². The number of rotatable bonds is 3. The maximum atomic E-state index is 11.6. The molecule has 0 spiro atoms. The largest absolute Gasteiger partial charge is 0.228 e. The Morgan fingerprint density at radius 2 is 1.93 bits per heavy atom. The number of hydrogen-bond acceptors (Lipinski definition) is 3.